The Kier molecular flexibility index (Phi) is 7.24. The van der Waals surface area contributed by atoms with Crippen molar-refractivity contribution in [2.24, 2.45) is 0 Å². The van der Waals surface area contributed by atoms with Crippen LogP contribution in [-0.4, -0.2) is 29.9 Å². The smallest absolute Gasteiger partial charge is 0.343 e. The first-order chi connectivity index (χ1) is 11.8. The summed E-state index contributed by atoms with van der Waals surface area (Å²) in [6.45, 7) is 1.62. The third-order valence-electron chi connectivity index (χ3n) is 3.09. The number of hydrogen-bond donors (Lipinski definition) is 1. The Hall–Kier alpha value is -1.16. The molecule has 2 rings (SSSR count). The van der Waals surface area contributed by atoms with Gasteiger partial charge in [-0.1, -0.05) is 52.1 Å². The Balaban J connectivity index is 2.31. The fourth-order valence-electron chi connectivity index (χ4n) is 1.91. The lowest BCUT2D eigenvalue weighted by molar-refractivity contribution is -0.142. The van der Waals surface area contributed by atoms with E-state index in [1.54, 1.807) is 12.2 Å². The van der Waals surface area contributed by atoms with Gasteiger partial charge in [0.2, 0.25) is 0 Å². The predicted molar refractivity (Wildman–Crippen MR) is 109 cm³/mol. The van der Waals surface area contributed by atoms with Crippen LogP contribution in [-0.2, 0) is 14.3 Å². The van der Waals surface area contributed by atoms with Crippen LogP contribution in [0.15, 0.2) is 37.6 Å². The van der Waals surface area contributed by atoms with E-state index in [4.69, 9.17) is 17.0 Å². The van der Waals surface area contributed by atoms with Gasteiger partial charge in [-0.05, 0) is 40.6 Å². The molecule has 1 aromatic rings. The number of thioether (sulfide) groups is 1. The van der Waals surface area contributed by atoms with E-state index in [2.05, 4.69) is 41.9 Å². The predicted octanol–water partition coefficient (Wildman–Crippen LogP) is 4.20. The van der Waals surface area contributed by atoms with Gasteiger partial charge < -0.3 is 14.8 Å². The molecule has 5 nitrogen and oxygen atoms in total. The van der Waals surface area contributed by atoms with Gasteiger partial charge in [0.15, 0.2) is 6.61 Å². The van der Waals surface area contributed by atoms with Crippen LogP contribution in [0.2, 0.25) is 0 Å². The van der Waals surface area contributed by atoms with E-state index in [-0.39, 0.29) is 12.5 Å². The summed E-state index contributed by atoms with van der Waals surface area (Å²) in [6, 6.07) is 3.66. The van der Waals surface area contributed by atoms with Gasteiger partial charge in [-0.15, -0.1) is 0 Å². The van der Waals surface area contributed by atoms with Crippen LogP contribution in [0.5, 0.6) is 5.75 Å². The fraction of sp³-hybridized carbons (Fsp3) is 0.188. The molecular weight excluding hydrogens is 494 g/mol. The van der Waals surface area contributed by atoms with E-state index in [0.29, 0.717) is 19.4 Å². The van der Waals surface area contributed by atoms with Gasteiger partial charge in [0.1, 0.15) is 10.1 Å². The van der Waals surface area contributed by atoms with Crippen molar-refractivity contribution in [1.82, 2.24) is 5.32 Å². The van der Waals surface area contributed by atoms with Crippen molar-refractivity contribution in [2.75, 3.05) is 13.7 Å². The van der Waals surface area contributed by atoms with Crippen LogP contribution in [0.4, 0.5) is 0 Å². The normalized spacial score (nSPS) is 16.2. The molecule has 1 fully saturated rings. The topological polar surface area (TPSA) is 64.6 Å². The van der Waals surface area contributed by atoms with E-state index in [1.807, 2.05) is 19.1 Å². The highest BCUT2D eigenvalue weighted by molar-refractivity contribution is 9.11. The minimum atomic E-state index is -0.476. The summed E-state index contributed by atoms with van der Waals surface area (Å²) < 4.78 is 12.1. The summed E-state index contributed by atoms with van der Waals surface area (Å²) in [6.07, 6.45) is 3.61. The van der Waals surface area contributed by atoms with Crippen molar-refractivity contribution >= 4 is 78.1 Å². The standard InChI is InChI=1S/C16H13Br2NO4S2/c1-8(14-15(21)19-16(24)25-14)3-4-9-5-10(17)6-11(18)13(9)23-7-12(20)22-2/h3-6H,7H2,1-2H3,(H,19,21,24). The van der Waals surface area contributed by atoms with Crippen LogP contribution in [0.25, 0.3) is 6.08 Å². The number of esters is 1. The van der Waals surface area contributed by atoms with E-state index < -0.39 is 5.97 Å². The highest BCUT2D eigenvalue weighted by Crippen LogP contribution is 2.34. The number of methoxy groups -OCH3 is 1. The molecule has 1 aromatic carbocycles. The van der Waals surface area contributed by atoms with Crippen molar-refractivity contribution in [3.63, 3.8) is 0 Å². The lowest BCUT2D eigenvalue weighted by Gasteiger charge is -2.11. The van der Waals surface area contributed by atoms with Gasteiger partial charge in [-0.2, -0.15) is 0 Å². The Morgan fingerprint density at radius 3 is 2.72 bits per heavy atom. The minimum Gasteiger partial charge on any atom is -0.480 e. The SMILES string of the molecule is COC(=O)COc1c(Br)cc(Br)cc1C=CC(C)=C1SC(=S)NC1=O. The number of allylic oxidation sites excluding steroid dienone is 2. The maximum absolute atomic E-state index is 11.8. The first kappa shape index (κ1) is 20.2. The maximum Gasteiger partial charge on any atom is 0.343 e. The molecular formula is C16H13Br2NO4S2. The zero-order valence-electron chi connectivity index (χ0n) is 13.2. The molecule has 0 bridgehead atoms. The molecule has 9 heteroatoms. The van der Waals surface area contributed by atoms with Crippen LogP contribution in [0.3, 0.4) is 0 Å². The van der Waals surface area contributed by atoms with E-state index in [1.165, 1.54) is 18.9 Å². The molecule has 1 heterocycles. The van der Waals surface area contributed by atoms with Crippen LogP contribution in [0, 0.1) is 0 Å². The second-order valence-corrected chi connectivity index (χ2v) is 8.32. The number of benzene rings is 1. The largest absolute Gasteiger partial charge is 0.480 e. The molecule has 0 radical (unpaired) electrons. The quantitative estimate of drug-likeness (QED) is 0.367. The molecule has 0 spiro atoms. The van der Waals surface area contributed by atoms with E-state index in [0.717, 1.165) is 15.6 Å². The van der Waals surface area contributed by atoms with E-state index >= 15 is 0 Å². The Morgan fingerprint density at radius 1 is 1.40 bits per heavy atom. The average Bonchev–Trinajstić information content (AvgIpc) is 2.89. The lowest BCUT2D eigenvalue weighted by Crippen LogP contribution is -2.18. The highest BCUT2D eigenvalue weighted by Gasteiger charge is 2.23. The number of carbonyl (C=O) groups is 2. The Morgan fingerprint density at radius 2 is 2.12 bits per heavy atom. The molecule has 1 aliphatic rings. The third-order valence-corrected chi connectivity index (χ3v) is 5.48. The molecule has 132 valence electrons. The molecule has 0 atom stereocenters. The molecule has 1 amide bonds. The molecule has 1 N–H and O–H groups in total. The first-order valence-electron chi connectivity index (χ1n) is 6.92. The summed E-state index contributed by atoms with van der Waals surface area (Å²) in [4.78, 5) is 23.7. The second-order valence-electron chi connectivity index (χ2n) is 4.86. The van der Waals surface area contributed by atoms with Gasteiger partial charge in [0.05, 0.1) is 16.5 Å². The molecule has 1 aliphatic heterocycles. The highest BCUT2D eigenvalue weighted by atomic mass is 79.9. The fourth-order valence-corrected chi connectivity index (χ4v) is 4.33. The summed E-state index contributed by atoms with van der Waals surface area (Å²) in [5.41, 5.74) is 1.51. The molecule has 1 saturated heterocycles. The van der Waals surface area contributed by atoms with Crippen molar-refractivity contribution in [3.8, 4) is 5.75 Å². The summed E-state index contributed by atoms with van der Waals surface area (Å²) in [7, 11) is 1.30. The number of rotatable bonds is 5. The van der Waals surface area contributed by atoms with Gasteiger partial charge in [0.25, 0.3) is 5.91 Å². The number of nitrogens with one attached hydrogen (secondary N) is 1. The zero-order chi connectivity index (χ0) is 18.6. The number of amides is 1. The molecule has 25 heavy (non-hydrogen) atoms. The molecule has 0 aromatic heterocycles. The number of thiocarbonyl (C=S) groups is 1. The van der Waals surface area contributed by atoms with Gasteiger partial charge in [-0.3, -0.25) is 4.79 Å². The van der Waals surface area contributed by atoms with Crippen LogP contribution < -0.4 is 10.1 Å². The summed E-state index contributed by atoms with van der Waals surface area (Å²) in [5, 5.41) is 2.59. The number of carbonyl (C=O) groups excluding carboxylic acids is 2. The van der Waals surface area contributed by atoms with E-state index in [9.17, 15) is 9.59 Å². The third kappa shape index (κ3) is 5.40. The summed E-state index contributed by atoms with van der Waals surface area (Å²) in [5.74, 6) is -0.174. The number of halogens is 2. The number of ether oxygens (including phenoxy) is 2. The Bertz CT molecular complexity index is 806. The molecule has 0 saturated carbocycles. The van der Waals surface area contributed by atoms with Gasteiger partial charge in [-0.25, -0.2) is 4.79 Å². The summed E-state index contributed by atoms with van der Waals surface area (Å²) >= 11 is 13.1. The maximum atomic E-state index is 11.8. The van der Waals surface area contributed by atoms with Crippen molar-refractivity contribution in [3.05, 3.63) is 43.2 Å². The number of hydrogen-bond acceptors (Lipinski definition) is 6. The van der Waals surface area contributed by atoms with Crippen LogP contribution in [0.1, 0.15) is 12.5 Å². The lowest BCUT2D eigenvalue weighted by atomic mass is 10.1. The monoisotopic (exact) mass is 505 g/mol. The Labute approximate surface area is 171 Å². The average molecular weight is 507 g/mol. The first-order valence-corrected chi connectivity index (χ1v) is 9.73. The van der Waals surface area contributed by atoms with Gasteiger partial charge >= 0.3 is 5.97 Å². The van der Waals surface area contributed by atoms with Crippen LogP contribution >= 0.6 is 55.8 Å². The molecule has 0 unspecified atom stereocenters. The van der Waals surface area contributed by atoms with Gasteiger partial charge in [0, 0.05) is 10.0 Å². The van der Waals surface area contributed by atoms with Crippen molar-refractivity contribution in [2.45, 2.75) is 6.92 Å². The second kappa shape index (κ2) is 8.98. The van der Waals surface area contributed by atoms with Crippen molar-refractivity contribution in [1.29, 1.82) is 0 Å². The van der Waals surface area contributed by atoms with Crippen molar-refractivity contribution < 1.29 is 19.1 Å². The zero-order valence-corrected chi connectivity index (χ0v) is 18.0. The minimum absolute atomic E-state index is 0.199. The molecule has 0 aliphatic carbocycles.